The molecule has 1 aliphatic heterocycles. The molecule has 0 fully saturated rings. The van der Waals surface area contributed by atoms with E-state index >= 15 is 8.78 Å². The van der Waals surface area contributed by atoms with Crippen LogP contribution in [0, 0.1) is 11.6 Å². The standard InChI is InChI=1S/C37H37ClF2N2O6/c1-36(2,3)42(35(44)46-5)21-37(23-14-10-7-11-15-23)25(20-47-19-22-12-8-6-9-13-22)30-28(48-37)18-26(39)32(38)31(30)29-24(34(41)43)16-17-27(45-4)33(29)40/h6-18,25H,19-21H2,1-5H3,(H2,41,43). The Morgan fingerprint density at radius 2 is 1.62 bits per heavy atom. The quantitative estimate of drug-likeness (QED) is 0.183. The van der Waals surface area contributed by atoms with Crippen molar-refractivity contribution >= 4 is 23.6 Å². The van der Waals surface area contributed by atoms with Crippen molar-refractivity contribution in [3.63, 3.8) is 0 Å². The summed E-state index contributed by atoms with van der Waals surface area (Å²) in [6.45, 7) is 5.59. The maximum Gasteiger partial charge on any atom is 0.410 e. The van der Waals surface area contributed by atoms with Gasteiger partial charge < -0.3 is 24.7 Å². The summed E-state index contributed by atoms with van der Waals surface area (Å²) in [7, 11) is 2.55. The predicted octanol–water partition coefficient (Wildman–Crippen LogP) is 7.85. The van der Waals surface area contributed by atoms with E-state index in [2.05, 4.69) is 0 Å². The fourth-order valence-corrected chi connectivity index (χ4v) is 6.43. The first-order valence-electron chi connectivity index (χ1n) is 15.2. The molecule has 0 aliphatic carbocycles. The Balaban J connectivity index is 1.83. The van der Waals surface area contributed by atoms with Crippen molar-refractivity contribution in [2.75, 3.05) is 27.4 Å². The molecule has 8 nitrogen and oxygen atoms in total. The van der Waals surface area contributed by atoms with E-state index in [4.69, 9.17) is 36.3 Å². The summed E-state index contributed by atoms with van der Waals surface area (Å²) in [5.74, 6) is -3.88. The van der Waals surface area contributed by atoms with Crippen LogP contribution in [0.3, 0.4) is 0 Å². The zero-order chi connectivity index (χ0) is 34.8. The minimum absolute atomic E-state index is 0.0282. The highest BCUT2D eigenvalue weighted by Crippen LogP contribution is 2.57. The largest absolute Gasteiger partial charge is 0.494 e. The second-order valence-corrected chi connectivity index (χ2v) is 12.8. The molecule has 2 atom stereocenters. The number of nitrogens with zero attached hydrogens (tertiary/aromatic N) is 1. The molecule has 5 rings (SSSR count). The molecule has 2 unspecified atom stereocenters. The summed E-state index contributed by atoms with van der Waals surface area (Å²) in [6.07, 6.45) is -0.624. The highest BCUT2D eigenvalue weighted by Gasteiger charge is 2.55. The second-order valence-electron chi connectivity index (χ2n) is 12.5. The van der Waals surface area contributed by atoms with Gasteiger partial charge in [0.1, 0.15) is 11.6 Å². The lowest BCUT2D eigenvalue weighted by Crippen LogP contribution is -2.55. The molecule has 0 saturated carbocycles. The van der Waals surface area contributed by atoms with Crippen LogP contribution in [0.2, 0.25) is 5.02 Å². The predicted molar refractivity (Wildman–Crippen MR) is 178 cm³/mol. The molecule has 0 radical (unpaired) electrons. The molecule has 0 spiro atoms. The van der Waals surface area contributed by atoms with E-state index in [1.165, 1.54) is 31.3 Å². The van der Waals surface area contributed by atoms with E-state index in [0.29, 0.717) is 5.56 Å². The van der Waals surface area contributed by atoms with Crippen LogP contribution in [0.1, 0.15) is 53.7 Å². The Morgan fingerprint density at radius 1 is 0.979 bits per heavy atom. The topological polar surface area (TPSA) is 100 Å². The molecular formula is C37H37ClF2N2O6. The number of hydrogen-bond acceptors (Lipinski definition) is 6. The van der Waals surface area contributed by atoms with Gasteiger partial charge in [0.2, 0.25) is 5.91 Å². The van der Waals surface area contributed by atoms with E-state index < -0.39 is 45.7 Å². The highest BCUT2D eigenvalue weighted by molar-refractivity contribution is 6.34. The molecule has 4 aromatic carbocycles. The molecule has 0 saturated heterocycles. The third kappa shape index (κ3) is 6.42. The number of nitrogens with two attached hydrogens (primary N) is 1. The number of methoxy groups -OCH3 is 2. The van der Waals surface area contributed by atoms with Gasteiger partial charge in [-0.2, -0.15) is 0 Å². The van der Waals surface area contributed by atoms with Gasteiger partial charge in [0, 0.05) is 28.3 Å². The highest BCUT2D eigenvalue weighted by atomic mass is 35.5. The third-order valence-corrected chi connectivity index (χ3v) is 8.89. The van der Waals surface area contributed by atoms with Gasteiger partial charge in [0.05, 0.1) is 50.5 Å². The second kappa shape index (κ2) is 13.8. The van der Waals surface area contributed by atoms with E-state index in [-0.39, 0.29) is 53.5 Å². The fourth-order valence-electron chi connectivity index (χ4n) is 6.18. The van der Waals surface area contributed by atoms with Crippen LogP contribution in [0.15, 0.2) is 78.9 Å². The summed E-state index contributed by atoms with van der Waals surface area (Å²) in [5, 5.41) is -0.454. The van der Waals surface area contributed by atoms with Gasteiger partial charge in [0.25, 0.3) is 0 Å². The average molecular weight is 679 g/mol. The van der Waals surface area contributed by atoms with Crippen molar-refractivity contribution in [2.45, 2.75) is 44.4 Å². The SMILES string of the molecule is COC(=O)N(CC1(c2ccccc2)Oc2cc(F)c(Cl)c(-c3c(C(N)=O)ccc(OC)c3F)c2C1COCc1ccccc1)C(C)(C)C. The van der Waals surface area contributed by atoms with Crippen LogP contribution < -0.4 is 15.2 Å². The Hall–Kier alpha value is -4.67. The maximum absolute atomic E-state index is 16.3. The number of carbonyl (C=O) groups is 2. The molecule has 1 heterocycles. The molecule has 0 bridgehead atoms. The van der Waals surface area contributed by atoms with Crippen LogP contribution in [-0.2, 0) is 21.7 Å². The number of halogens is 3. The molecule has 4 aromatic rings. The lowest BCUT2D eigenvalue weighted by Gasteiger charge is -2.43. The number of fused-ring (bicyclic) bond motifs is 1. The smallest absolute Gasteiger partial charge is 0.410 e. The van der Waals surface area contributed by atoms with Gasteiger partial charge in [-0.15, -0.1) is 0 Å². The number of primary amides is 1. The van der Waals surface area contributed by atoms with Gasteiger partial charge in [-0.25, -0.2) is 13.6 Å². The molecular weight excluding hydrogens is 642 g/mol. The number of ether oxygens (including phenoxy) is 4. The Labute approximate surface area is 283 Å². The monoisotopic (exact) mass is 678 g/mol. The van der Waals surface area contributed by atoms with Crippen LogP contribution in [-0.4, -0.2) is 49.8 Å². The normalized spacial score (nSPS) is 17.0. The van der Waals surface area contributed by atoms with Crippen molar-refractivity contribution in [1.82, 2.24) is 4.90 Å². The van der Waals surface area contributed by atoms with Crippen molar-refractivity contribution < 1.29 is 37.3 Å². The van der Waals surface area contributed by atoms with Crippen LogP contribution >= 0.6 is 11.6 Å². The first kappa shape index (κ1) is 34.7. The van der Waals surface area contributed by atoms with E-state index in [1.807, 2.05) is 81.4 Å². The molecule has 2 amide bonds. The Bertz CT molecular complexity index is 1820. The molecule has 0 aromatic heterocycles. The summed E-state index contributed by atoms with van der Waals surface area (Å²) in [5.41, 5.74) is 4.57. The van der Waals surface area contributed by atoms with Crippen LogP contribution in [0.4, 0.5) is 13.6 Å². The summed E-state index contributed by atoms with van der Waals surface area (Å²) in [6, 6.07) is 22.3. The van der Waals surface area contributed by atoms with Gasteiger partial charge in [-0.1, -0.05) is 72.3 Å². The third-order valence-electron chi connectivity index (χ3n) is 8.52. The van der Waals surface area contributed by atoms with Gasteiger partial charge in [0.15, 0.2) is 17.2 Å². The summed E-state index contributed by atoms with van der Waals surface area (Å²) < 4.78 is 55.8. The van der Waals surface area contributed by atoms with Crippen molar-refractivity contribution in [3.8, 4) is 22.6 Å². The molecule has 11 heteroatoms. The van der Waals surface area contributed by atoms with E-state index in [1.54, 1.807) is 0 Å². The van der Waals surface area contributed by atoms with Crippen LogP contribution in [0.25, 0.3) is 11.1 Å². The zero-order valence-electron chi connectivity index (χ0n) is 27.3. The van der Waals surface area contributed by atoms with Gasteiger partial charge in [-0.3, -0.25) is 9.69 Å². The van der Waals surface area contributed by atoms with Crippen molar-refractivity contribution in [3.05, 3.63) is 118 Å². The van der Waals surface area contributed by atoms with Crippen molar-refractivity contribution in [1.29, 1.82) is 0 Å². The van der Waals surface area contributed by atoms with E-state index in [9.17, 15) is 9.59 Å². The molecule has 1 aliphatic rings. The maximum atomic E-state index is 16.3. The first-order valence-corrected chi connectivity index (χ1v) is 15.6. The Kier molecular flexibility index (Phi) is 9.98. The van der Waals surface area contributed by atoms with Crippen LogP contribution in [0.5, 0.6) is 11.5 Å². The minimum Gasteiger partial charge on any atom is -0.494 e. The summed E-state index contributed by atoms with van der Waals surface area (Å²) >= 11 is 6.73. The van der Waals surface area contributed by atoms with Gasteiger partial charge in [-0.05, 0) is 44.0 Å². The average Bonchev–Trinajstić information content (AvgIpc) is 3.37. The fraction of sp³-hybridized carbons (Fsp3) is 0.297. The lowest BCUT2D eigenvalue weighted by atomic mass is 9.76. The molecule has 48 heavy (non-hydrogen) atoms. The number of hydrogen-bond donors (Lipinski definition) is 1. The first-order chi connectivity index (χ1) is 22.8. The number of amides is 2. The number of carbonyl (C=O) groups excluding carboxylic acids is 2. The van der Waals surface area contributed by atoms with E-state index in [0.717, 1.165) is 11.6 Å². The number of rotatable bonds is 10. The number of benzene rings is 4. The molecule has 2 N–H and O–H groups in total. The Morgan fingerprint density at radius 3 is 2.21 bits per heavy atom. The molecule has 252 valence electrons. The summed E-state index contributed by atoms with van der Waals surface area (Å²) in [4.78, 5) is 27.6. The van der Waals surface area contributed by atoms with Gasteiger partial charge >= 0.3 is 6.09 Å². The van der Waals surface area contributed by atoms with Crippen molar-refractivity contribution in [2.24, 2.45) is 5.73 Å². The zero-order valence-corrected chi connectivity index (χ0v) is 28.1. The lowest BCUT2D eigenvalue weighted by molar-refractivity contribution is -0.0279. The minimum atomic E-state index is -1.45.